The molecule has 0 radical (unpaired) electrons. The zero-order chi connectivity index (χ0) is 23.1. The highest BCUT2D eigenvalue weighted by Crippen LogP contribution is 2.29. The molecular formula is C24H32N2O5S. The van der Waals surface area contributed by atoms with Crippen molar-refractivity contribution in [3.8, 4) is 11.5 Å². The van der Waals surface area contributed by atoms with Crippen molar-refractivity contribution < 1.29 is 22.7 Å². The van der Waals surface area contributed by atoms with Crippen molar-refractivity contribution in [1.82, 2.24) is 9.21 Å². The Kier molecular flexibility index (Phi) is 8.15. The van der Waals surface area contributed by atoms with Gasteiger partial charge >= 0.3 is 0 Å². The molecule has 0 bridgehead atoms. The number of carbonyl (C=O) groups excluding carboxylic acids is 1. The number of rotatable bonds is 9. The summed E-state index contributed by atoms with van der Waals surface area (Å²) in [4.78, 5) is 15.3. The molecule has 2 aromatic rings. The van der Waals surface area contributed by atoms with E-state index in [-0.39, 0.29) is 11.8 Å². The molecule has 0 saturated carbocycles. The fourth-order valence-electron chi connectivity index (χ4n) is 3.99. The van der Waals surface area contributed by atoms with Crippen LogP contribution in [0.25, 0.3) is 0 Å². The zero-order valence-electron chi connectivity index (χ0n) is 19.0. The number of amides is 1. The molecule has 32 heavy (non-hydrogen) atoms. The summed E-state index contributed by atoms with van der Waals surface area (Å²) < 4.78 is 38.1. The van der Waals surface area contributed by atoms with Crippen LogP contribution in [-0.4, -0.2) is 56.9 Å². The fourth-order valence-corrected chi connectivity index (χ4v) is 5.48. The summed E-state index contributed by atoms with van der Waals surface area (Å²) in [6, 6.07) is 14.2. The number of benzene rings is 2. The van der Waals surface area contributed by atoms with Crippen LogP contribution in [0.1, 0.15) is 32.3 Å². The van der Waals surface area contributed by atoms with Crippen LogP contribution in [0.2, 0.25) is 0 Å². The first-order chi connectivity index (χ1) is 15.4. The molecule has 1 amide bonds. The second kappa shape index (κ2) is 10.8. The topological polar surface area (TPSA) is 76.2 Å². The van der Waals surface area contributed by atoms with Crippen molar-refractivity contribution in [3.05, 3.63) is 54.1 Å². The molecule has 8 heteroatoms. The molecule has 1 aliphatic heterocycles. The fraction of sp³-hybridized carbons (Fsp3) is 0.458. The first-order valence-electron chi connectivity index (χ1n) is 11.0. The Morgan fingerprint density at radius 1 is 1.06 bits per heavy atom. The molecule has 1 heterocycles. The third-order valence-corrected chi connectivity index (χ3v) is 7.69. The van der Waals surface area contributed by atoms with Gasteiger partial charge in [0.05, 0.1) is 18.6 Å². The number of methoxy groups -OCH3 is 1. The molecule has 0 atom stereocenters. The van der Waals surface area contributed by atoms with E-state index in [2.05, 4.69) is 0 Å². The highest BCUT2D eigenvalue weighted by Gasteiger charge is 2.33. The first kappa shape index (κ1) is 24.1. The summed E-state index contributed by atoms with van der Waals surface area (Å²) in [7, 11) is -1.92. The predicted octanol–water partition coefficient (Wildman–Crippen LogP) is 3.54. The van der Waals surface area contributed by atoms with Crippen molar-refractivity contribution in [2.45, 2.75) is 38.1 Å². The molecule has 0 aromatic heterocycles. The van der Waals surface area contributed by atoms with E-state index < -0.39 is 10.0 Å². The van der Waals surface area contributed by atoms with Crippen LogP contribution in [0, 0.1) is 5.92 Å². The monoisotopic (exact) mass is 460 g/mol. The van der Waals surface area contributed by atoms with Gasteiger partial charge in [-0.3, -0.25) is 4.79 Å². The van der Waals surface area contributed by atoms with E-state index in [4.69, 9.17) is 9.47 Å². The lowest BCUT2D eigenvalue weighted by atomic mass is 9.96. The number of nitrogens with zero attached hydrogens (tertiary/aromatic N) is 2. The average Bonchev–Trinajstić information content (AvgIpc) is 2.83. The Morgan fingerprint density at radius 3 is 2.34 bits per heavy atom. The molecule has 174 valence electrons. The van der Waals surface area contributed by atoms with Gasteiger partial charge in [-0.1, -0.05) is 24.3 Å². The Bertz CT molecular complexity index is 1000. The zero-order valence-corrected chi connectivity index (χ0v) is 19.8. The highest BCUT2D eigenvalue weighted by atomic mass is 32.2. The van der Waals surface area contributed by atoms with Crippen molar-refractivity contribution in [2.75, 3.05) is 33.4 Å². The van der Waals surface area contributed by atoms with E-state index in [9.17, 15) is 13.2 Å². The normalized spacial score (nSPS) is 15.3. The SMILES string of the molecule is CCOc1ccc(CN(CC)C(=O)C2CCN(S(=O)(=O)c3ccccc3)CC2)cc1OC. The molecule has 7 nitrogen and oxygen atoms in total. The minimum Gasteiger partial charge on any atom is -0.493 e. The van der Waals surface area contributed by atoms with E-state index in [0.717, 1.165) is 5.56 Å². The molecule has 0 unspecified atom stereocenters. The van der Waals surface area contributed by atoms with Crippen molar-refractivity contribution >= 4 is 15.9 Å². The van der Waals surface area contributed by atoms with Crippen LogP contribution in [0.4, 0.5) is 0 Å². The van der Waals surface area contributed by atoms with Crippen LogP contribution in [0.3, 0.4) is 0 Å². The van der Waals surface area contributed by atoms with Gasteiger partial charge in [0.25, 0.3) is 0 Å². The molecule has 1 aliphatic rings. The summed E-state index contributed by atoms with van der Waals surface area (Å²) in [6.45, 7) is 6.18. The second-order valence-electron chi connectivity index (χ2n) is 7.76. The molecular weight excluding hydrogens is 428 g/mol. The average molecular weight is 461 g/mol. The summed E-state index contributed by atoms with van der Waals surface area (Å²) in [5, 5.41) is 0. The Labute approximate surface area is 191 Å². The van der Waals surface area contributed by atoms with E-state index >= 15 is 0 Å². The summed E-state index contributed by atoms with van der Waals surface area (Å²) >= 11 is 0. The van der Waals surface area contributed by atoms with Crippen molar-refractivity contribution in [3.63, 3.8) is 0 Å². The first-order valence-corrected chi connectivity index (χ1v) is 12.5. The number of sulfonamides is 1. The molecule has 0 aliphatic carbocycles. The van der Waals surface area contributed by atoms with Gasteiger partial charge in [-0.2, -0.15) is 4.31 Å². The molecule has 2 aromatic carbocycles. The Morgan fingerprint density at radius 2 is 1.75 bits per heavy atom. The minimum atomic E-state index is -3.52. The molecule has 1 fully saturated rings. The highest BCUT2D eigenvalue weighted by molar-refractivity contribution is 7.89. The number of hydrogen-bond donors (Lipinski definition) is 0. The van der Waals surface area contributed by atoms with E-state index in [1.807, 2.05) is 36.9 Å². The third kappa shape index (κ3) is 5.42. The van der Waals surface area contributed by atoms with Gasteiger partial charge in [0.2, 0.25) is 15.9 Å². The van der Waals surface area contributed by atoms with Crippen LogP contribution in [0.5, 0.6) is 11.5 Å². The molecule has 3 rings (SSSR count). The van der Waals surface area contributed by atoms with Crippen LogP contribution in [0.15, 0.2) is 53.4 Å². The summed E-state index contributed by atoms with van der Waals surface area (Å²) in [5.41, 5.74) is 0.963. The Balaban J connectivity index is 1.63. The number of hydrogen-bond acceptors (Lipinski definition) is 5. The van der Waals surface area contributed by atoms with E-state index in [1.165, 1.54) is 4.31 Å². The van der Waals surface area contributed by atoms with E-state index in [1.54, 1.807) is 37.4 Å². The lowest BCUT2D eigenvalue weighted by Crippen LogP contribution is -2.44. The van der Waals surface area contributed by atoms with E-state index in [0.29, 0.717) is 62.0 Å². The largest absolute Gasteiger partial charge is 0.493 e. The number of ether oxygens (including phenoxy) is 2. The van der Waals surface area contributed by atoms with Gasteiger partial charge in [-0.15, -0.1) is 0 Å². The van der Waals surface area contributed by atoms with Gasteiger partial charge in [0.1, 0.15) is 0 Å². The van der Waals surface area contributed by atoms with Gasteiger partial charge in [-0.05, 0) is 56.5 Å². The van der Waals surface area contributed by atoms with Crippen LogP contribution in [-0.2, 0) is 21.4 Å². The van der Waals surface area contributed by atoms with Gasteiger partial charge in [-0.25, -0.2) is 8.42 Å². The smallest absolute Gasteiger partial charge is 0.243 e. The lowest BCUT2D eigenvalue weighted by molar-refractivity contribution is -0.137. The molecule has 1 saturated heterocycles. The summed E-state index contributed by atoms with van der Waals surface area (Å²) in [6.07, 6.45) is 1.04. The van der Waals surface area contributed by atoms with Gasteiger partial charge in [0.15, 0.2) is 11.5 Å². The third-order valence-electron chi connectivity index (χ3n) is 5.78. The quantitative estimate of drug-likeness (QED) is 0.572. The lowest BCUT2D eigenvalue weighted by Gasteiger charge is -2.33. The maximum Gasteiger partial charge on any atom is 0.243 e. The maximum absolute atomic E-state index is 13.2. The van der Waals surface area contributed by atoms with Crippen LogP contribution >= 0.6 is 0 Å². The number of piperidine rings is 1. The predicted molar refractivity (Wildman–Crippen MR) is 123 cm³/mol. The Hall–Kier alpha value is -2.58. The second-order valence-corrected chi connectivity index (χ2v) is 9.70. The summed E-state index contributed by atoms with van der Waals surface area (Å²) in [5.74, 6) is 1.21. The van der Waals surface area contributed by atoms with Gasteiger partial charge in [0, 0.05) is 32.1 Å². The maximum atomic E-state index is 13.2. The van der Waals surface area contributed by atoms with Crippen molar-refractivity contribution in [1.29, 1.82) is 0 Å². The molecule has 0 spiro atoms. The molecule has 0 N–H and O–H groups in total. The van der Waals surface area contributed by atoms with Crippen LogP contribution < -0.4 is 9.47 Å². The van der Waals surface area contributed by atoms with Gasteiger partial charge < -0.3 is 14.4 Å². The standard InChI is InChI=1S/C24H32N2O5S/c1-4-25(18-19-11-12-22(31-5-2)23(17-19)30-3)24(27)20-13-15-26(16-14-20)32(28,29)21-9-7-6-8-10-21/h6-12,17,20H,4-5,13-16,18H2,1-3H3. The minimum absolute atomic E-state index is 0.0668. The van der Waals surface area contributed by atoms with Crippen molar-refractivity contribution in [2.24, 2.45) is 5.92 Å². The number of carbonyl (C=O) groups is 1.